The molecule has 1 aliphatic heterocycles. The Hall–Kier alpha value is -1.18. The molecule has 0 saturated carbocycles. The molecule has 1 fully saturated rings. The van der Waals surface area contributed by atoms with Gasteiger partial charge in [-0.1, -0.05) is 6.92 Å². The highest BCUT2D eigenvalue weighted by Crippen LogP contribution is 2.20. The highest BCUT2D eigenvalue weighted by molar-refractivity contribution is 7.90. The molecule has 24 heavy (non-hydrogen) atoms. The average molecular weight is 356 g/mol. The van der Waals surface area contributed by atoms with Crippen molar-refractivity contribution in [2.24, 2.45) is 5.92 Å². The molecule has 0 aromatic carbocycles. The van der Waals surface area contributed by atoms with Crippen molar-refractivity contribution in [1.82, 2.24) is 14.8 Å². The van der Waals surface area contributed by atoms with Gasteiger partial charge in [0.25, 0.3) is 0 Å². The Balaban J connectivity index is 1.83. The van der Waals surface area contributed by atoms with E-state index in [9.17, 15) is 8.42 Å². The Labute approximate surface area is 145 Å². The standard InChI is InChI=1S/C17H29N3O3S/c1-14(13-24(4,21)22)10-20-8-6-17(12-20)23-16-5-7-18-15(9-16)11-19(2)3/h5,7,9,14,17H,6,8,10-13H2,1-4H3. The number of aromatic nitrogens is 1. The van der Waals surface area contributed by atoms with Gasteiger partial charge in [-0.2, -0.15) is 0 Å². The number of pyridine rings is 1. The van der Waals surface area contributed by atoms with Gasteiger partial charge in [0.15, 0.2) is 0 Å². The first-order valence-corrected chi connectivity index (χ1v) is 10.4. The second-order valence-electron chi connectivity index (χ2n) is 7.21. The second-order valence-corrected chi connectivity index (χ2v) is 9.39. The number of ether oxygens (including phenoxy) is 1. The van der Waals surface area contributed by atoms with Crippen LogP contribution in [0.15, 0.2) is 18.3 Å². The van der Waals surface area contributed by atoms with E-state index in [0.29, 0.717) is 0 Å². The number of likely N-dealkylation sites (tertiary alicyclic amines) is 1. The highest BCUT2D eigenvalue weighted by atomic mass is 32.2. The van der Waals surface area contributed by atoms with Crippen LogP contribution in [-0.4, -0.2) is 75.0 Å². The van der Waals surface area contributed by atoms with E-state index in [-0.39, 0.29) is 17.8 Å². The molecule has 0 spiro atoms. The lowest BCUT2D eigenvalue weighted by Crippen LogP contribution is -2.31. The van der Waals surface area contributed by atoms with Crippen molar-refractivity contribution < 1.29 is 13.2 Å². The van der Waals surface area contributed by atoms with Crippen molar-refractivity contribution in [1.29, 1.82) is 0 Å². The fourth-order valence-corrected chi connectivity index (χ4v) is 4.34. The number of hydrogen-bond donors (Lipinski definition) is 0. The summed E-state index contributed by atoms with van der Waals surface area (Å²) in [6.45, 7) is 5.38. The predicted molar refractivity (Wildman–Crippen MR) is 96.0 cm³/mol. The second kappa shape index (κ2) is 8.27. The van der Waals surface area contributed by atoms with E-state index in [4.69, 9.17) is 4.74 Å². The molecule has 0 N–H and O–H groups in total. The quantitative estimate of drug-likeness (QED) is 0.700. The Morgan fingerprint density at radius 3 is 2.88 bits per heavy atom. The van der Waals surface area contributed by atoms with Crippen molar-refractivity contribution in [2.45, 2.75) is 26.0 Å². The van der Waals surface area contributed by atoms with Gasteiger partial charge in [-0.25, -0.2) is 8.42 Å². The van der Waals surface area contributed by atoms with Gasteiger partial charge >= 0.3 is 0 Å². The van der Waals surface area contributed by atoms with Gasteiger partial charge in [-0.15, -0.1) is 0 Å². The molecular weight excluding hydrogens is 326 g/mol. The van der Waals surface area contributed by atoms with Crippen LogP contribution >= 0.6 is 0 Å². The number of hydrogen-bond acceptors (Lipinski definition) is 6. The monoisotopic (exact) mass is 355 g/mol. The lowest BCUT2D eigenvalue weighted by atomic mass is 10.2. The van der Waals surface area contributed by atoms with Crippen LogP contribution < -0.4 is 4.74 Å². The van der Waals surface area contributed by atoms with Crippen molar-refractivity contribution in [3.05, 3.63) is 24.0 Å². The molecule has 2 heterocycles. The maximum Gasteiger partial charge on any atom is 0.147 e. The van der Waals surface area contributed by atoms with Crippen LogP contribution in [0.3, 0.4) is 0 Å². The third-order valence-corrected chi connectivity index (χ3v) is 5.13. The number of rotatable bonds is 8. The summed E-state index contributed by atoms with van der Waals surface area (Å²) in [6, 6.07) is 3.89. The molecule has 1 aromatic heterocycles. The zero-order valence-corrected chi connectivity index (χ0v) is 15.9. The van der Waals surface area contributed by atoms with Crippen LogP contribution in [0.2, 0.25) is 0 Å². The van der Waals surface area contributed by atoms with Gasteiger partial charge in [0.2, 0.25) is 0 Å². The fourth-order valence-electron chi connectivity index (χ4n) is 3.20. The molecular formula is C17H29N3O3S. The maximum absolute atomic E-state index is 11.4. The van der Waals surface area contributed by atoms with Crippen LogP contribution in [0.4, 0.5) is 0 Å². The molecule has 1 aromatic rings. The van der Waals surface area contributed by atoms with Gasteiger partial charge < -0.3 is 9.64 Å². The Morgan fingerprint density at radius 2 is 2.21 bits per heavy atom. The Morgan fingerprint density at radius 1 is 1.46 bits per heavy atom. The first-order valence-electron chi connectivity index (χ1n) is 8.37. The van der Waals surface area contributed by atoms with Gasteiger partial charge in [-0.3, -0.25) is 9.88 Å². The molecule has 136 valence electrons. The maximum atomic E-state index is 11.4. The fraction of sp³-hybridized carbons (Fsp3) is 0.706. The van der Waals surface area contributed by atoms with Crippen LogP contribution in [-0.2, 0) is 16.4 Å². The molecule has 2 atom stereocenters. The van der Waals surface area contributed by atoms with E-state index in [1.54, 1.807) is 6.20 Å². The van der Waals surface area contributed by atoms with Crippen molar-refractivity contribution in [2.75, 3.05) is 45.7 Å². The molecule has 0 aliphatic carbocycles. The third kappa shape index (κ3) is 6.75. The topological polar surface area (TPSA) is 62.7 Å². The van der Waals surface area contributed by atoms with E-state index in [1.165, 1.54) is 6.26 Å². The minimum Gasteiger partial charge on any atom is -0.489 e. The van der Waals surface area contributed by atoms with Gasteiger partial charge in [0.05, 0.1) is 11.4 Å². The van der Waals surface area contributed by atoms with Crippen molar-refractivity contribution >= 4 is 9.84 Å². The van der Waals surface area contributed by atoms with Crippen molar-refractivity contribution in [3.63, 3.8) is 0 Å². The van der Waals surface area contributed by atoms with Gasteiger partial charge in [0, 0.05) is 44.7 Å². The normalized spacial score (nSPS) is 20.5. The molecule has 0 radical (unpaired) electrons. The number of nitrogens with zero attached hydrogens (tertiary/aromatic N) is 3. The molecule has 1 aliphatic rings. The van der Waals surface area contributed by atoms with Gasteiger partial charge in [0.1, 0.15) is 21.7 Å². The Bertz CT molecular complexity index is 634. The summed E-state index contributed by atoms with van der Waals surface area (Å²) in [4.78, 5) is 8.72. The van der Waals surface area contributed by atoms with E-state index in [0.717, 1.165) is 44.0 Å². The lowest BCUT2D eigenvalue weighted by molar-refractivity contribution is 0.194. The van der Waals surface area contributed by atoms with E-state index < -0.39 is 9.84 Å². The van der Waals surface area contributed by atoms with E-state index in [1.807, 2.05) is 33.2 Å². The molecule has 2 rings (SSSR count). The highest BCUT2D eigenvalue weighted by Gasteiger charge is 2.26. The summed E-state index contributed by atoms with van der Waals surface area (Å²) >= 11 is 0. The molecule has 0 bridgehead atoms. The lowest BCUT2D eigenvalue weighted by Gasteiger charge is -2.20. The Kier molecular flexibility index (Phi) is 6.60. The average Bonchev–Trinajstić information content (AvgIpc) is 2.83. The summed E-state index contributed by atoms with van der Waals surface area (Å²) in [5, 5.41) is 0. The van der Waals surface area contributed by atoms with E-state index in [2.05, 4.69) is 14.8 Å². The largest absolute Gasteiger partial charge is 0.489 e. The van der Waals surface area contributed by atoms with Crippen LogP contribution in [0.1, 0.15) is 19.0 Å². The molecule has 6 nitrogen and oxygen atoms in total. The summed E-state index contributed by atoms with van der Waals surface area (Å²) in [7, 11) is 1.12. The molecule has 2 unspecified atom stereocenters. The van der Waals surface area contributed by atoms with Crippen LogP contribution in [0.25, 0.3) is 0 Å². The summed E-state index contributed by atoms with van der Waals surface area (Å²) in [5.41, 5.74) is 0.995. The molecule has 1 saturated heterocycles. The molecule has 0 amide bonds. The number of sulfone groups is 1. The summed E-state index contributed by atoms with van der Waals surface area (Å²) in [6.07, 6.45) is 4.21. The zero-order chi connectivity index (χ0) is 17.7. The van der Waals surface area contributed by atoms with Crippen molar-refractivity contribution in [3.8, 4) is 5.75 Å². The first-order chi connectivity index (χ1) is 11.2. The van der Waals surface area contributed by atoms with Gasteiger partial charge in [-0.05, 0) is 32.5 Å². The minimum absolute atomic E-state index is 0.145. The minimum atomic E-state index is -2.91. The third-order valence-electron chi connectivity index (χ3n) is 3.96. The zero-order valence-electron chi connectivity index (χ0n) is 15.1. The summed E-state index contributed by atoms with van der Waals surface area (Å²) < 4.78 is 28.8. The van der Waals surface area contributed by atoms with Crippen LogP contribution in [0, 0.1) is 5.92 Å². The first kappa shape index (κ1) is 19.1. The van der Waals surface area contributed by atoms with E-state index >= 15 is 0 Å². The smallest absolute Gasteiger partial charge is 0.147 e. The summed E-state index contributed by atoms with van der Waals surface area (Å²) in [5.74, 6) is 1.25. The predicted octanol–water partition coefficient (Wildman–Crippen LogP) is 1.28. The molecule has 7 heteroatoms. The van der Waals surface area contributed by atoms with Crippen LogP contribution in [0.5, 0.6) is 5.75 Å². The SMILES string of the molecule is CC(CN1CCC(Oc2ccnc(CN(C)C)c2)C1)CS(C)(=O)=O.